The van der Waals surface area contributed by atoms with Crippen LogP contribution in [0.3, 0.4) is 0 Å². The average Bonchev–Trinajstić information content (AvgIpc) is 2.76. The maximum atomic E-state index is 9.26. The zero-order valence-electron chi connectivity index (χ0n) is 10.5. The van der Waals surface area contributed by atoms with Crippen LogP contribution in [0.2, 0.25) is 0 Å². The van der Waals surface area contributed by atoms with E-state index in [2.05, 4.69) is 35.3 Å². The van der Waals surface area contributed by atoms with Gasteiger partial charge in [0.25, 0.3) is 0 Å². The lowest BCUT2D eigenvalue weighted by atomic mass is 10.1. The fourth-order valence-electron chi connectivity index (χ4n) is 2.53. The molecule has 0 saturated carbocycles. The maximum absolute atomic E-state index is 9.26. The van der Waals surface area contributed by atoms with Crippen molar-refractivity contribution in [3.05, 3.63) is 29.3 Å². The lowest BCUT2D eigenvalue weighted by molar-refractivity contribution is 0.734. The van der Waals surface area contributed by atoms with Crippen molar-refractivity contribution >= 4 is 5.69 Å². The van der Waals surface area contributed by atoms with Gasteiger partial charge in [0.15, 0.2) is 0 Å². The van der Waals surface area contributed by atoms with E-state index in [9.17, 15) is 5.26 Å². The van der Waals surface area contributed by atoms with E-state index in [-0.39, 0.29) is 0 Å². The molecule has 1 aromatic rings. The second kappa shape index (κ2) is 5.20. The molecular weight excluding hydrogens is 210 g/mol. The molecule has 1 saturated heterocycles. The molecule has 1 unspecified atom stereocenters. The normalized spacial score (nSPS) is 19.4. The Bertz CT molecular complexity index is 434. The maximum Gasteiger partial charge on any atom is 0.101 e. The Balaban J connectivity index is 2.31. The van der Waals surface area contributed by atoms with E-state index in [0.29, 0.717) is 6.04 Å². The van der Waals surface area contributed by atoms with Gasteiger partial charge in [0, 0.05) is 19.1 Å². The highest BCUT2D eigenvalue weighted by molar-refractivity contribution is 5.61. The molecule has 17 heavy (non-hydrogen) atoms. The predicted molar refractivity (Wildman–Crippen MR) is 70.0 cm³/mol. The van der Waals surface area contributed by atoms with Crippen LogP contribution >= 0.6 is 0 Å². The van der Waals surface area contributed by atoms with E-state index in [1.165, 1.54) is 18.4 Å². The summed E-state index contributed by atoms with van der Waals surface area (Å²) in [6.07, 6.45) is 2.45. The van der Waals surface area contributed by atoms with Crippen LogP contribution < -0.4 is 10.2 Å². The minimum absolute atomic E-state index is 0.553. The average molecular weight is 229 g/mol. The first-order valence-corrected chi connectivity index (χ1v) is 6.20. The molecule has 90 valence electrons. The Hall–Kier alpha value is -1.53. The Morgan fingerprint density at radius 1 is 1.53 bits per heavy atom. The zero-order valence-corrected chi connectivity index (χ0v) is 10.5. The van der Waals surface area contributed by atoms with E-state index in [4.69, 9.17) is 0 Å². The Labute approximate surface area is 103 Å². The van der Waals surface area contributed by atoms with Gasteiger partial charge in [0.2, 0.25) is 0 Å². The summed E-state index contributed by atoms with van der Waals surface area (Å²) in [5.74, 6) is 0. The molecule has 1 heterocycles. The van der Waals surface area contributed by atoms with Crippen molar-refractivity contribution in [1.29, 1.82) is 5.26 Å². The molecule has 3 heteroatoms. The first-order chi connectivity index (χ1) is 8.26. The summed E-state index contributed by atoms with van der Waals surface area (Å²) < 4.78 is 0. The van der Waals surface area contributed by atoms with E-state index in [1.807, 2.05) is 13.1 Å². The van der Waals surface area contributed by atoms with Crippen LogP contribution in [0.25, 0.3) is 0 Å². The van der Waals surface area contributed by atoms with Gasteiger partial charge >= 0.3 is 0 Å². The highest BCUT2D eigenvalue weighted by atomic mass is 15.2. The van der Waals surface area contributed by atoms with Gasteiger partial charge < -0.3 is 10.2 Å². The van der Waals surface area contributed by atoms with Crippen LogP contribution in [0.1, 0.15) is 30.9 Å². The van der Waals surface area contributed by atoms with Gasteiger partial charge in [-0.05, 0) is 44.5 Å². The minimum Gasteiger partial charge on any atom is -0.368 e. The molecule has 1 fully saturated rings. The standard InChI is InChI=1S/C14H19N3/c1-11-4-3-7-17(11)14-6-5-12(10-16-2)8-13(14)9-15/h5-6,8,11,16H,3-4,7,10H2,1-2H3. The van der Waals surface area contributed by atoms with Gasteiger partial charge in [-0.25, -0.2) is 0 Å². The summed E-state index contributed by atoms with van der Waals surface area (Å²) in [6, 6.07) is 9.07. The largest absolute Gasteiger partial charge is 0.368 e. The fraction of sp³-hybridized carbons (Fsp3) is 0.500. The van der Waals surface area contributed by atoms with Crippen molar-refractivity contribution in [2.45, 2.75) is 32.4 Å². The molecule has 2 rings (SSSR count). The van der Waals surface area contributed by atoms with Crippen molar-refractivity contribution < 1.29 is 0 Å². The summed E-state index contributed by atoms with van der Waals surface area (Å²) in [6.45, 7) is 4.11. The highest BCUT2D eigenvalue weighted by Crippen LogP contribution is 2.28. The van der Waals surface area contributed by atoms with Crippen LogP contribution in [0.15, 0.2) is 18.2 Å². The van der Waals surface area contributed by atoms with Crippen molar-refractivity contribution in [1.82, 2.24) is 5.32 Å². The second-order valence-corrected chi connectivity index (χ2v) is 4.68. The number of anilines is 1. The van der Waals surface area contributed by atoms with Crippen LogP contribution in [-0.2, 0) is 6.54 Å². The number of rotatable bonds is 3. The molecule has 1 N–H and O–H groups in total. The first kappa shape index (κ1) is 11.9. The third-order valence-electron chi connectivity index (χ3n) is 3.42. The van der Waals surface area contributed by atoms with Gasteiger partial charge in [0.05, 0.1) is 11.3 Å². The molecule has 3 nitrogen and oxygen atoms in total. The molecule has 0 amide bonds. The number of nitrogens with zero attached hydrogens (tertiary/aromatic N) is 2. The van der Waals surface area contributed by atoms with Crippen molar-refractivity contribution in [2.24, 2.45) is 0 Å². The molecule has 1 aliphatic rings. The SMILES string of the molecule is CNCc1ccc(N2CCCC2C)c(C#N)c1. The molecule has 1 aromatic carbocycles. The number of hydrogen-bond acceptors (Lipinski definition) is 3. The summed E-state index contributed by atoms with van der Waals surface area (Å²) >= 11 is 0. The van der Waals surface area contributed by atoms with Gasteiger partial charge in [0.1, 0.15) is 6.07 Å². The van der Waals surface area contributed by atoms with Crippen molar-refractivity contribution in [3.63, 3.8) is 0 Å². The van der Waals surface area contributed by atoms with Crippen molar-refractivity contribution in [2.75, 3.05) is 18.5 Å². The molecule has 0 aliphatic carbocycles. The molecule has 0 spiro atoms. The molecule has 1 atom stereocenters. The van der Waals surface area contributed by atoms with Gasteiger partial charge in [-0.15, -0.1) is 0 Å². The van der Waals surface area contributed by atoms with E-state index < -0.39 is 0 Å². The van der Waals surface area contributed by atoms with E-state index >= 15 is 0 Å². The Kier molecular flexibility index (Phi) is 3.65. The third-order valence-corrected chi connectivity index (χ3v) is 3.42. The lowest BCUT2D eigenvalue weighted by Gasteiger charge is -2.25. The lowest BCUT2D eigenvalue weighted by Crippen LogP contribution is -2.27. The zero-order chi connectivity index (χ0) is 12.3. The summed E-state index contributed by atoms with van der Waals surface area (Å²) in [7, 11) is 1.92. The predicted octanol–water partition coefficient (Wildman–Crippen LogP) is 2.27. The summed E-state index contributed by atoms with van der Waals surface area (Å²) in [5, 5.41) is 12.4. The second-order valence-electron chi connectivity index (χ2n) is 4.68. The third kappa shape index (κ3) is 2.42. The monoisotopic (exact) mass is 229 g/mol. The molecule has 1 aliphatic heterocycles. The molecule has 0 bridgehead atoms. The molecule has 0 aromatic heterocycles. The highest BCUT2D eigenvalue weighted by Gasteiger charge is 2.22. The van der Waals surface area contributed by atoms with Crippen LogP contribution in [0.5, 0.6) is 0 Å². The van der Waals surface area contributed by atoms with Crippen LogP contribution in [0.4, 0.5) is 5.69 Å². The number of nitriles is 1. The van der Waals surface area contributed by atoms with Crippen LogP contribution in [-0.4, -0.2) is 19.6 Å². The minimum atomic E-state index is 0.553. The van der Waals surface area contributed by atoms with Gasteiger partial charge in [-0.3, -0.25) is 0 Å². The van der Waals surface area contributed by atoms with Gasteiger partial charge in [-0.2, -0.15) is 5.26 Å². The van der Waals surface area contributed by atoms with Gasteiger partial charge in [-0.1, -0.05) is 6.07 Å². The first-order valence-electron chi connectivity index (χ1n) is 6.20. The van der Waals surface area contributed by atoms with E-state index in [0.717, 1.165) is 24.3 Å². The topological polar surface area (TPSA) is 39.1 Å². The Morgan fingerprint density at radius 2 is 2.35 bits per heavy atom. The molecule has 0 radical (unpaired) electrons. The molecular formula is C14H19N3. The number of hydrogen-bond donors (Lipinski definition) is 1. The quantitative estimate of drug-likeness (QED) is 0.864. The smallest absolute Gasteiger partial charge is 0.101 e. The summed E-state index contributed by atoms with van der Waals surface area (Å²) in [4.78, 5) is 2.35. The number of benzene rings is 1. The Morgan fingerprint density at radius 3 is 2.94 bits per heavy atom. The van der Waals surface area contributed by atoms with E-state index in [1.54, 1.807) is 0 Å². The number of nitrogens with one attached hydrogen (secondary N) is 1. The fourth-order valence-corrected chi connectivity index (χ4v) is 2.53. The summed E-state index contributed by atoms with van der Waals surface area (Å²) in [5.41, 5.74) is 3.06. The van der Waals surface area contributed by atoms with Crippen molar-refractivity contribution in [3.8, 4) is 6.07 Å². The van der Waals surface area contributed by atoms with Crippen LogP contribution in [0, 0.1) is 11.3 Å².